The van der Waals surface area contributed by atoms with E-state index in [1.807, 2.05) is 0 Å². The molecule has 0 aromatic heterocycles. The zero-order valence-electron chi connectivity index (χ0n) is 18.6. The maximum absolute atomic E-state index is 13.0. The molecule has 1 amide bonds. The molecule has 0 spiro atoms. The fourth-order valence-corrected chi connectivity index (χ4v) is 5.68. The number of esters is 2. The van der Waals surface area contributed by atoms with Gasteiger partial charge < -0.3 is 24.6 Å². The van der Waals surface area contributed by atoms with E-state index in [0.717, 1.165) is 0 Å². The van der Waals surface area contributed by atoms with Crippen LogP contribution in [0.1, 0.15) is 46.4 Å². The van der Waals surface area contributed by atoms with Crippen molar-refractivity contribution in [2.45, 2.75) is 49.5 Å². The van der Waals surface area contributed by atoms with Crippen LogP contribution in [0, 0.1) is 11.8 Å². The molecule has 2 aromatic rings. The molecule has 3 aliphatic rings. The first-order valence-corrected chi connectivity index (χ1v) is 11.6. The molecule has 178 valence electrons. The summed E-state index contributed by atoms with van der Waals surface area (Å²) in [5, 5.41) is 14.8. The van der Waals surface area contributed by atoms with Gasteiger partial charge in [-0.25, -0.2) is 14.4 Å². The van der Waals surface area contributed by atoms with E-state index in [1.54, 1.807) is 60.7 Å². The predicted molar refractivity (Wildman–Crippen MR) is 120 cm³/mol. The van der Waals surface area contributed by atoms with E-state index < -0.39 is 35.8 Å². The summed E-state index contributed by atoms with van der Waals surface area (Å²) in [5.74, 6) is -1.53. The Morgan fingerprint density at radius 3 is 2.18 bits per heavy atom. The number of alkyl carbamates (subject to hydrolysis) is 1. The van der Waals surface area contributed by atoms with Gasteiger partial charge in [0.2, 0.25) is 0 Å². The Balaban J connectivity index is 1.43. The van der Waals surface area contributed by atoms with Crippen LogP contribution in [0.4, 0.5) is 4.79 Å². The van der Waals surface area contributed by atoms with E-state index in [0.29, 0.717) is 36.8 Å². The summed E-state index contributed by atoms with van der Waals surface area (Å²) < 4.78 is 16.9. The van der Waals surface area contributed by atoms with Crippen molar-refractivity contribution in [2.75, 3.05) is 6.61 Å². The molecule has 0 bridgehead atoms. The van der Waals surface area contributed by atoms with Gasteiger partial charge in [-0.1, -0.05) is 36.4 Å². The normalized spacial score (nSPS) is 32.3. The quantitative estimate of drug-likeness (QED) is 0.527. The van der Waals surface area contributed by atoms with Gasteiger partial charge in [-0.2, -0.15) is 0 Å². The number of amides is 1. The summed E-state index contributed by atoms with van der Waals surface area (Å²) in [6, 6.07) is 17.0. The van der Waals surface area contributed by atoms with Crippen LogP contribution in [0.3, 0.4) is 0 Å². The second-order valence-electron chi connectivity index (χ2n) is 9.23. The van der Waals surface area contributed by atoms with Crippen molar-refractivity contribution in [3.63, 3.8) is 0 Å². The molecule has 8 nitrogen and oxygen atoms in total. The van der Waals surface area contributed by atoms with Crippen molar-refractivity contribution < 1.29 is 33.7 Å². The lowest BCUT2D eigenvalue weighted by atomic mass is 9.59. The molecular formula is C26H27NO7. The molecule has 1 heterocycles. The SMILES string of the molecule is O=C1NC2CC[C@@]3(O)[C@H](CC[C@H](OC(=O)c4ccccc4)[C@@H]3OC(=O)c3ccccc3)C2CO1. The van der Waals surface area contributed by atoms with Gasteiger partial charge in [-0.05, 0) is 55.9 Å². The minimum Gasteiger partial charge on any atom is -0.455 e. The van der Waals surface area contributed by atoms with Gasteiger partial charge in [0.25, 0.3) is 0 Å². The summed E-state index contributed by atoms with van der Waals surface area (Å²) >= 11 is 0. The number of carbonyl (C=O) groups excluding carboxylic acids is 3. The van der Waals surface area contributed by atoms with Crippen LogP contribution in [0.2, 0.25) is 0 Å². The number of carbonyl (C=O) groups is 3. The molecule has 2 saturated carbocycles. The first-order chi connectivity index (χ1) is 16.5. The summed E-state index contributed by atoms with van der Waals surface area (Å²) in [6.07, 6.45) is -0.554. The Morgan fingerprint density at radius 1 is 0.912 bits per heavy atom. The molecule has 1 saturated heterocycles. The van der Waals surface area contributed by atoms with Crippen LogP contribution in [-0.2, 0) is 14.2 Å². The van der Waals surface area contributed by atoms with Crippen LogP contribution in [-0.4, -0.2) is 53.6 Å². The lowest BCUT2D eigenvalue weighted by molar-refractivity contribution is -0.215. The lowest BCUT2D eigenvalue weighted by Gasteiger charge is -2.55. The summed E-state index contributed by atoms with van der Waals surface area (Å²) in [4.78, 5) is 37.5. The van der Waals surface area contributed by atoms with Gasteiger partial charge in [-0.15, -0.1) is 0 Å². The number of cyclic esters (lactones) is 1. The maximum Gasteiger partial charge on any atom is 0.407 e. The number of aliphatic hydroxyl groups is 1. The average molecular weight is 466 g/mol. The van der Waals surface area contributed by atoms with Crippen LogP contribution in [0.25, 0.3) is 0 Å². The van der Waals surface area contributed by atoms with Crippen molar-refractivity contribution in [3.05, 3.63) is 71.8 Å². The third kappa shape index (κ3) is 4.14. The number of benzene rings is 2. The van der Waals surface area contributed by atoms with Crippen LogP contribution < -0.4 is 5.32 Å². The number of nitrogens with one attached hydrogen (secondary N) is 1. The van der Waals surface area contributed by atoms with E-state index in [4.69, 9.17) is 14.2 Å². The molecule has 2 aliphatic carbocycles. The van der Waals surface area contributed by atoms with Gasteiger partial charge in [0, 0.05) is 12.0 Å². The molecule has 1 aliphatic heterocycles. The second kappa shape index (κ2) is 9.10. The van der Waals surface area contributed by atoms with E-state index in [1.165, 1.54) is 0 Å². The molecule has 6 atom stereocenters. The minimum absolute atomic E-state index is 0.111. The van der Waals surface area contributed by atoms with E-state index in [2.05, 4.69) is 5.32 Å². The maximum atomic E-state index is 13.0. The standard InChI is InChI=1S/C26H27NO7/c28-23(16-7-3-1-4-8-16)33-21-12-11-19-18-15-32-25(30)27-20(18)13-14-26(19,31)22(21)34-24(29)17-9-5-2-6-10-17/h1-10,18-22,31H,11-15H2,(H,27,30)/t18?,19-,20?,21+,22+,26-/m1/s1. The highest BCUT2D eigenvalue weighted by molar-refractivity contribution is 5.90. The highest BCUT2D eigenvalue weighted by Crippen LogP contribution is 2.49. The third-order valence-electron chi connectivity index (χ3n) is 7.35. The molecule has 2 N–H and O–H groups in total. The van der Waals surface area contributed by atoms with Gasteiger partial charge in [-0.3, -0.25) is 0 Å². The lowest BCUT2D eigenvalue weighted by Crippen LogP contribution is -2.68. The van der Waals surface area contributed by atoms with Gasteiger partial charge >= 0.3 is 18.0 Å². The number of rotatable bonds is 4. The molecule has 2 unspecified atom stereocenters. The van der Waals surface area contributed by atoms with Crippen molar-refractivity contribution in [2.24, 2.45) is 11.8 Å². The molecule has 2 aromatic carbocycles. The Hall–Kier alpha value is -3.39. The number of hydrogen-bond donors (Lipinski definition) is 2. The van der Waals surface area contributed by atoms with Crippen LogP contribution in [0.5, 0.6) is 0 Å². The molecular weight excluding hydrogens is 438 g/mol. The third-order valence-corrected chi connectivity index (χ3v) is 7.35. The Morgan fingerprint density at radius 2 is 1.53 bits per heavy atom. The van der Waals surface area contributed by atoms with E-state index in [-0.39, 0.29) is 24.5 Å². The highest BCUT2D eigenvalue weighted by atomic mass is 16.6. The van der Waals surface area contributed by atoms with Crippen molar-refractivity contribution >= 4 is 18.0 Å². The summed E-state index contributed by atoms with van der Waals surface area (Å²) in [7, 11) is 0. The van der Waals surface area contributed by atoms with Crippen LogP contribution >= 0.6 is 0 Å². The molecule has 3 fully saturated rings. The van der Waals surface area contributed by atoms with Crippen molar-refractivity contribution in [1.29, 1.82) is 0 Å². The zero-order valence-corrected chi connectivity index (χ0v) is 18.6. The molecule has 8 heteroatoms. The van der Waals surface area contributed by atoms with Crippen molar-refractivity contribution in [1.82, 2.24) is 5.32 Å². The Labute approximate surface area is 197 Å². The Bertz CT molecular complexity index is 1060. The fourth-order valence-electron chi connectivity index (χ4n) is 5.68. The molecule has 0 radical (unpaired) electrons. The number of ether oxygens (including phenoxy) is 3. The van der Waals surface area contributed by atoms with Crippen LogP contribution in [0.15, 0.2) is 60.7 Å². The first kappa shape index (κ1) is 22.4. The van der Waals surface area contributed by atoms with Crippen molar-refractivity contribution in [3.8, 4) is 0 Å². The average Bonchev–Trinajstić information content (AvgIpc) is 2.86. The molecule has 34 heavy (non-hydrogen) atoms. The molecule has 5 rings (SSSR count). The first-order valence-electron chi connectivity index (χ1n) is 11.6. The van der Waals surface area contributed by atoms with Gasteiger partial charge in [0.1, 0.15) is 11.7 Å². The smallest absolute Gasteiger partial charge is 0.407 e. The minimum atomic E-state index is -1.42. The van der Waals surface area contributed by atoms with Gasteiger partial charge in [0.15, 0.2) is 6.10 Å². The second-order valence-corrected chi connectivity index (χ2v) is 9.23. The van der Waals surface area contributed by atoms with E-state index in [9.17, 15) is 19.5 Å². The fraction of sp³-hybridized carbons (Fsp3) is 0.423. The summed E-state index contributed by atoms with van der Waals surface area (Å²) in [5.41, 5.74) is -0.683. The number of hydrogen-bond acceptors (Lipinski definition) is 7. The summed E-state index contributed by atoms with van der Waals surface area (Å²) in [6.45, 7) is 0.192. The largest absolute Gasteiger partial charge is 0.455 e. The highest BCUT2D eigenvalue weighted by Gasteiger charge is 2.60. The Kier molecular flexibility index (Phi) is 6.00. The topological polar surface area (TPSA) is 111 Å². The predicted octanol–water partition coefficient (Wildman–Crippen LogP) is 3.10. The zero-order chi connectivity index (χ0) is 23.7. The van der Waals surface area contributed by atoms with Gasteiger partial charge in [0.05, 0.1) is 17.7 Å². The number of fused-ring (bicyclic) bond motifs is 3. The van der Waals surface area contributed by atoms with E-state index >= 15 is 0 Å². The monoisotopic (exact) mass is 465 g/mol.